The third-order valence-electron chi connectivity index (χ3n) is 2.50. The van der Waals surface area contributed by atoms with E-state index in [-0.39, 0.29) is 6.03 Å². The van der Waals surface area contributed by atoms with Crippen molar-refractivity contribution in [3.8, 4) is 0 Å². The minimum atomic E-state index is -0.271. The molecule has 0 saturated heterocycles. The summed E-state index contributed by atoms with van der Waals surface area (Å²) in [4.78, 5) is 11.8. The maximum atomic E-state index is 11.8. The summed E-state index contributed by atoms with van der Waals surface area (Å²) < 4.78 is 0.673. The topological polar surface area (TPSA) is 41.1 Å². The Morgan fingerprint density at radius 3 is 2.58 bits per heavy atom. The Hall–Kier alpha value is -1.52. The smallest absolute Gasteiger partial charge is 0.319 e. The number of anilines is 1. The third-order valence-corrected chi connectivity index (χ3v) is 3.89. The van der Waals surface area contributed by atoms with Crippen molar-refractivity contribution < 1.29 is 4.79 Å². The molecule has 3 nitrogen and oxygen atoms in total. The molecular weight excluding hydrogens is 328 g/mol. The lowest BCUT2D eigenvalue weighted by atomic mass is 10.2. The monoisotopic (exact) mass is 338 g/mol. The highest BCUT2D eigenvalue weighted by atomic mass is 79.9. The van der Waals surface area contributed by atoms with Crippen molar-refractivity contribution in [1.29, 1.82) is 0 Å². The van der Waals surface area contributed by atoms with E-state index in [0.717, 1.165) is 5.56 Å². The zero-order chi connectivity index (χ0) is 13.7. The zero-order valence-corrected chi connectivity index (χ0v) is 12.3. The number of urea groups is 1. The Morgan fingerprint density at radius 2 is 1.84 bits per heavy atom. The van der Waals surface area contributed by atoms with Gasteiger partial charge in [-0.05, 0) is 33.6 Å². The fraction of sp³-hybridized carbons (Fsp3) is 0.0714. The number of amides is 2. The van der Waals surface area contributed by atoms with Crippen LogP contribution in [0.15, 0.2) is 53.0 Å². The van der Waals surface area contributed by atoms with Crippen LogP contribution < -0.4 is 10.6 Å². The van der Waals surface area contributed by atoms with Gasteiger partial charge in [0, 0.05) is 6.54 Å². The van der Waals surface area contributed by atoms with E-state index in [0.29, 0.717) is 21.7 Å². The summed E-state index contributed by atoms with van der Waals surface area (Å²) in [6, 6.07) is 14.7. The third kappa shape index (κ3) is 3.98. The average molecular weight is 340 g/mol. The molecule has 2 aromatic rings. The SMILES string of the molecule is O=C(NCc1ccccc1)Nc1cccc(Cl)c1Br. The van der Waals surface area contributed by atoms with Crippen LogP contribution in [0.5, 0.6) is 0 Å². The predicted octanol–water partition coefficient (Wildman–Crippen LogP) is 4.42. The highest BCUT2D eigenvalue weighted by Gasteiger charge is 2.07. The van der Waals surface area contributed by atoms with Crippen LogP contribution in [-0.4, -0.2) is 6.03 Å². The number of halogens is 2. The van der Waals surface area contributed by atoms with Crippen molar-refractivity contribution in [2.75, 3.05) is 5.32 Å². The van der Waals surface area contributed by atoms with Gasteiger partial charge in [-0.15, -0.1) is 0 Å². The van der Waals surface area contributed by atoms with Gasteiger partial charge in [-0.2, -0.15) is 0 Å². The quantitative estimate of drug-likeness (QED) is 0.853. The van der Waals surface area contributed by atoms with Gasteiger partial charge in [0.05, 0.1) is 15.2 Å². The van der Waals surface area contributed by atoms with Gasteiger partial charge in [-0.25, -0.2) is 4.79 Å². The Bertz CT molecular complexity index is 575. The van der Waals surface area contributed by atoms with Crippen LogP contribution in [-0.2, 0) is 6.54 Å². The maximum absolute atomic E-state index is 11.8. The molecule has 0 unspecified atom stereocenters. The number of rotatable bonds is 3. The van der Waals surface area contributed by atoms with E-state index in [9.17, 15) is 4.79 Å². The molecule has 2 aromatic carbocycles. The van der Waals surface area contributed by atoms with Crippen LogP contribution in [0.2, 0.25) is 5.02 Å². The van der Waals surface area contributed by atoms with Gasteiger partial charge in [0.2, 0.25) is 0 Å². The van der Waals surface area contributed by atoms with Gasteiger partial charge in [0.1, 0.15) is 0 Å². The molecule has 0 fully saturated rings. The first-order valence-corrected chi connectivity index (χ1v) is 6.86. The van der Waals surface area contributed by atoms with Crippen molar-refractivity contribution >= 4 is 39.2 Å². The number of hydrogen-bond acceptors (Lipinski definition) is 1. The van der Waals surface area contributed by atoms with Gasteiger partial charge in [0.25, 0.3) is 0 Å². The van der Waals surface area contributed by atoms with Crippen molar-refractivity contribution in [3.63, 3.8) is 0 Å². The summed E-state index contributed by atoms with van der Waals surface area (Å²) >= 11 is 9.28. The predicted molar refractivity (Wildman–Crippen MR) is 81.5 cm³/mol. The summed E-state index contributed by atoms with van der Waals surface area (Å²) in [5.41, 5.74) is 1.68. The lowest BCUT2D eigenvalue weighted by Gasteiger charge is -2.09. The van der Waals surface area contributed by atoms with Crippen LogP contribution in [0.4, 0.5) is 10.5 Å². The summed E-state index contributed by atoms with van der Waals surface area (Å²) in [5.74, 6) is 0. The summed E-state index contributed by atoms with van der Waals surface area (Å²) in [7, 11) is 0. The molecule has 0 bridgehead atoms. The van der Waals surface area contributed by atoms with Crippen molar-refractivity contribution in [3.05, 3.63) is 63.6 Å². The fourth-order valence-corrected chi connectivity index (χ4v) is 2.08. The number of hydrogen-bond donors (Lipinski definition) is 2. The standard InChI is InChI=1S/C14H12BrClN2O/c15-13-11(16)7-4-8-12(13)18-14(19)17-9-10-5-2-1-3-6-10/h1-8H,9H2,(H2,17,18,19). The van der Waals surface area contributed by atoms with Gasteiger partial charge in [-0.1, -0.05) is 48.0 Å². The van der Waals surface area contributed by atoms with Gasteiger partial charge >= 0.3 is 6.03 Å². The summed E-state index contributed by atoms with van der Waals surface area (Å²) in [5, 5.41) is 6.08. The van der Waals surface area contributed by atoms with Crippen LogP contribution in [0, 0.1) is 0 Å². The molecule has 2 amide bonds. The van der Waals surface area contributed by atoms with E-state index in [1.54, 1.807) is 18.2 Å². The van der Waals surface area contributed by atoms with Crippen LogP contribution in [0.1, 0.15) is 5.56 Å². The Kier molecular flexibility index (Phi) is 4.82. The van der Waals surface area contributed by atoms with Gasteiger partial charge in [-0.3, -0.25) is 0 Å². The zero-order valence-electron chi connectivity index (χ0n) is 9.99. The molecule has 2 N–H and O–H groups in total. The maximum Gasteiger partial charge on any atom is 0.319 e. The Labute approximate surface area is 125 Å². The van der Waals surface area contributed by atoms with Gasteiger partial charge in [0.15, 0.2) is 0 Å². The molecule has 0 spiro atoms. The molecule has 2 rings (SSSR count). The molecule has 98 valence electrons. The second-order valence-corrected chi connectivity index (χ2v) is 5.09. The number of carbonyl (C=O) groups excluding carboxylic acids is 1. The largest absolute Gasteiger partial charge is 0.334 e. The van der Waals surface area contributed by atoms with Crippen LogP contribution in [0.3, 0.4) is 0 Å². The molecule has 5 heteroatoms. The lowest BCUT2D eigenvalue weighted by Crippen LogP contribution is -2.28. The first-order chi connectivity index (χ1) is 9.16. The van der Waals surface area contributed by atoms with E-state index in [2.05, 4.69) is 26.6 Å². The van der Waals surface area contributed by atoms with Crippen LogP contribution >= 0.6 is 27.5 Å². The molecular formula is C14H12BrClN2O. The van der Waals surface area contributed by atoms with E-state index < -0.39 is 0 Å². The average Bonchev–Trinajstić information content (AvgIpc) is 2.43. The molecule has 0 heterocycles. The summed E-state index contributed by atoms with van der Waals surface area (Å²) in [6.45, 7) is 0.477. The van der Waals surface area contributed by atoms with E-state index in [1.807, 2.05) is 30.3 Å². The molecule has 19 heavy (non-hydrogen) atoms. The molecule has 0 saturated carbocycles. The minimum Gasteiger partial charge on any atom is -0.334 e. The first-order valence-electron chi connectivity index (χ1n) is 5.69. The highest BCUT2D eigenvalue weighted by molar-refractivity contribution is 9.10. The lowest BCUT2D eigenvalue weighted by molar-refractivity contribution is 0.251. The molecule has 0 aromatic heterocycles. The van der Waals surface area contributed by atoms with Crippen molar-refractivity contribution in [2.24, 2.45) is 0 Å². The molecule has 0 aliphatic heterocycles. The fourth-order valence-electron chi connectivity index (χ4n) is 1.55. The van der Waals surface area contributed by atoms with E-state index in [4.69, 9.17) is 11.6 Å². The number of nitrogens with one attached hydrogen (secondary N) is 2. The second kappa shape index (κ2) is 6.59. The number of carbonyl (C=O) groups is 1. The number of benzene rings is 2. The molecule has 0 atom stereocenters. The molecule has 0 aliphatic carbocycles. The van der Waals surface area contributed by atoms with E-state index in [1.165, 1.54) is 0 Å². The second-order valence-electron chi connectivity index (χ2n) is 3.89. The van der Waals surface area contributed by atoms with E-state index >= 15 is 0 Å². The summed E-state index contributed by atoms with van der Waals surface area (Å²) in [6.07, 6.45) is 0. The Morgan fingerprint density at radius 1 is 1.11 bits per heavy atom. The molecule has 0 radical (unpaired) electrons. The first kappa shape index (κ1) is 13.9. The van der Waals surface area contributed by atoms with Crippen molar-refractivity contribution in [2.45, 2.75) is 6.54 Å². The minimum absolute atomic E-state index is 0.271. The normalized spacial score (nSPS) is 10.0. The Balaban J connectivity index is 1.93. The van der Waals surface area contributed by atoms with Crippen LogP contribution in [0.25, 0.3) is 0 Å². The molecule has 0 aliphatic rings. The highest BCUT2D eigenvalue weighted by Crippen LogP contribution is 2.29. The van der Waals surface area contributed by atoms with Crippen molar-refractivity contribution in [1.82, 2.24) is 5.32 Å². The van der Waals surface area contributed by atoms with Gasteiger partial charge < -0.3 is 10.6 Å².